The molecule has 0 atom stereocenters. The summed E-state index contributed by atoms with van der Waals surface area (Å²) >= 11 is 5.70. The molecule has 0 aliphatic carbocycles. The van der Waals surface area contributed by atoms with Gasteiger partial charge in [0.2, 0.25) is 0 Å². The fraction of sp³-hybridized carbons (Fsp3) is 0.455. The molecule has 0 spiro atoms. The predicted molar refractivity (Wildman–Crippen MR) is 59.9 cm³/mol. The maximum Gasteiger partial charge on any atom is 0.0399 e. The van der Waals surface area contributed by atoms with Crippen molar-refractivity contribution in [1.29, 1.82) is 0 Å². The van der Waals surface area contributed by atoms with Gasteiger partial charge in [0, 0.05) is 25.2 Å². The number of rotatable bonds is 3. The molecule has 0 bridgehead atoms. The number of anilines is 1. The van der Waals surface area contributed by atoms with Gasteiger partial charge in [-0.15, -0.1) is 11.6 Å². The van der Waals surface area contributed by atoms with Crippen LogP contribution in [0.3, 0.4) is 0 Å². The summed E-state index contributed by atoms with van der Waals surface area (Å²) in [6, 6.07) is 6.35. The topological polar surface area (TPSA) is 3.24 Å². The van der Waals surface area contributed by atoms with Crippen LogP contribution in [0, 0.1) is 13.8 Å². The third-order valence-corrected chi connectivity index (χ3v) is 2.58. The highest BCUT2D eigenvalue weighted by atomic mass is 35.5. The van der Waals surface area contributed by atoms with Gasteiger partial charge in [0.15, 0.2) is 0 Å². The van der Waals surface area contributed by atoms with Crippen LogP contribution in [0.25, 0.3) is 0 Å². The number of alkyl halides is 1. The van der Waals surface area contributed by atoms with Gasteiger partial charge in [0.1, 0.15) is 0 Å². The highest BCUT2D eigenvalue weighted by Crippen LogP contribution is 2.21. The molecular weight excluding hydrogens is 182 g/mol. The summed E-state index contributed by atoms with van der Waals surface area (Å²) in [4.78, 5) is 2.19. The van der Waals surface area contributed by atoms with Crippen LogP contribution in [0.15, 0.2) is 18.2 Å². The minimum Gasteiger partial charge on any atom is -0.373 e. The Morgan fingerprint density at radius 3 is 2.62 bits per heavy atom. The van der Waals surface area contributed by atoms with Gasteiger partial charge >= 0.3 is 0 Å². The molecule has 0 aliphatic rings. The third kappa shape index (κ3) is 2.38. The molecule has 72 valence electrons. The van der Waals surface area contributed by atoms with Gasteiger partial charge in [0.05, 0.1) is 0 Å². The molecule has 0 amide bonds. The van der Waals surface area contributed by atoms with E-state index < -0.39 is 0 Å². The van der Waals surface area contributed by atoms with E-state index in [1.165, 1.54) is 16.8 Å². The highest BCUT2D eigenvalue weighted by molar-refractivity contribution is 6.18. The Balaban J connectivity index is 2.93. The largest absolute Gasteiger partial charge is 0.373 e. The monoisotopic (exact) mass is 197 g/mol. The summed E-state index contributed by atoms with van der Waals surface area (Å²) in [5, 5.41) is 0. The van der Waals surface area contributed by atoms with Crippen molar-refractivity contribution in [2.45, 2.75) is 13.8 Å². The molecule has 13 heavy (non-hydrogen) atoms. The van der Waals surface area contributed by atoms with Crippen LogP contribution < -0.4 is 4.90 Å². The molecule has 0 heterocycles. The van der Waals surface area contributed by atoms with E-state index in [1.807, 2.05) is 0 Å². The second kappa shape index (κ2) is 4.52. The average Bonchev–Trinajstić information content (AvgIpc) is 2.10. The van der Waals surface area contributed by atoms with Crippen LogP contribution in [-0.4, -0.2) is 19.5 Å². The molecule has 0 radical (unpaired) electrons. The summed E-state index contributed by atoms with van der Waals surface area (Å²) in [6.45, 7) is 5.18. The average molecular weight is 198 g/mol. The maximum absolute atomic E-state index is 5.70. The Labute approximate surface area is 85.3 Å². The molecular formula is C11H16ClN. The molecule has 1 aromatic carbocycles. The number of hydrogen-bond acceptors (Lipinski definition) is 1. The SMILES string of the molecule is Cc1cccc(N(C)CCCl)c1C. The number of halogens is 1. The first-order valence-corrected chi connectivity index (χ1v) is 5.03. The standard InChI is InChI=1S/C11H16ClN/c1-9-5-4-6-11(10(9)2)13(3)8-7-12/h4-6H,7-8H2,1-3H3. The quantitative estimate of drug-likeness (QED) is 0.674. The van der Waals surface area contributed by atoms with E-state index in [0.717, 1.165) is 6.54 Å². The maximum atomic E-state index is 5.70. The van der Waals surface area contributed by atoms with E-state index >= 15 is 0 Å². The molecule has 0 aromatic heterocycles. The van der Waals surface area contributed by atoms with Gasteiger partial charge in [-0.1, -0.05) is 12.1 Å². The van der Waals surface area contributed by atoms with Crippen LogP contribution >= 0.6 is 11.6 Å². The van der Waals surface area contributed by atoms with Crippen molar-refractivity contribution in [3.63, 3.8) is 0 Å². The Morgan fingerprint density at radius 1 is 1.31 bits per heavy atom. The Morgan fingerprint density at radius 2 is 2.00 bits per heavy atom. The summed E-state index contributed by atoms with van der Waals surface area (Å²) in [7, 11) is 2.07. The zero-order chi connectivity index (χ0) is 9.84. The van der Waals surface area contributed by atoms with Gasteiger partial charge in [-0.25, -0.2) is 0 Å². The van der Waals surface area contributed by atoms with Gasteiger partial charge in [-0.05, 0) is 31.0 Å². The number of nitrogens with zero attached hydrogens (tertiary/aromatic N) is 1. The Hall–Kier alpha value is -0.690. The van der Waals surface area contributed by atoms with Crippen molar-refractivity contribution in [2.75, 3.05) is 24.4 Å². The Kier molecular flexibility index (Phi) is 3.61. The zero-order valence-corrected chi connectivity index (χ0v) is 9.23. The fourth-order valence-corrected chi connectivity index (χ4v) is 1.65. The molecule has 1 nitrogen and oxygen atoms in total. The van der Waals surface area contributed by atoms with Crippen LogP contribution in [0.5, 0.6) is 0 Å². The normalized spacial score (nSPS) is 10.2. The molecule has 0 aliphatic heterocycles. The summed E-state index contributed by atoms with van der Waals surface area (Å²) in [5.41, 5.74) is 3.95. The van der Waals surface area contributed by atoms with Crippen molar-refractivity contribution < 1.29 is 0 Å². The van der Waals surface area contributed by atoms with Crippen molar-refractivity contribution >= 4 is 17.3 Å². The lowest BCUT2D eigenvalue weighted by atomic mass is 10.1. The van der Waals surface area contributed by atoms with Crippen LogP contribution in [0.4, 0.5) is 5.69 Å². The first kappa shape index (κ1) is 10.4. The molecule has 0 saturated carbocycles. The molecule has 2 heteroatoms. The van der Waals surface area contributed by atoms with Crippen molar-refractivity contribution in [3.8, 4) is 0 Å². The van der Waals surface area contributed by atoms with Crippen LogP contribution in [0.2, 0.25) is 0 Å². The Bertz CT molecular complexity index is 283. The van der Waals surface area contributed by atoms with Crippen molar-refractivity contribution in [1.82, 2.24) is 0 Å². The van der Waals surface area contributed by atoms with Gasteiger partial charge in [0.25, 0.3) is 0 Å². The summed E-state index contributed by atoms with van der Waals surface area (Å²) in [5.74, 6) is 0.671. The number of benzene rings is 1. The first-order valence-electron chi connectivity index (χ1n) is 4.50. The molecule has 0 saturated heterocycles. The molecule has 0 unspecified atom stereocenters. The van der Waals surface area contributed by atoms with Gasteiger partial charge in [-0.2, -0.15) is 0 Å². The van der Waals surface area contributed by atoms with Gasteiger partial charge in [-0.3, -0.25) is 0 Å². The molecule has 1 rings (SSSR count). The lowest BCUT2D eigenvalue weighted by Gasteiger charge is -2.21. The van der Waals surface area contributed by atoms with Crippen molar-refractivity contribution in [2.24, 2.45) is 0 Å². The lowest BCUT2D eigenvalue weighted by molar-refractivity contribution is 0.964. The highest BCUT2D eigenvalue weighted by Gasteiger charge is 2.04. The van der Waals surface area contributed by atoms with Crippen LogP contribution in [0.1, 0.15) is 11.1 Å². The number of hydrogen-bond donors (Lipinski definition) is 0. The lowest BCUT2D eigenvalue weighted by Crippen LogP contribution is -2.20. The summed E-state index contributed by atoms with van der Waals surface area (Å²) in [6.07, 6.45) is 0. The fourth-order valence-electron chi connectivity index (χ4n) is 1.40. The van der Waals surface area contributed by atoms with Crippen molar-refractivity contribution in [3.05, 3.63) is 29.3 Å². The minimum absolute atomic E-state index is 0.671. The first-order chi connectivity index (χ1) is 6.16. The third-order valence-electron chi connectivity index (χ3n) is 2.41. The predicted octanol–water partition coefficient (Wildman–Crippen LogP) is 2.98. The van der Waals surface area contributed by atoms with E-state index in [4.69, 9.17) is 11.6 Å². The zero-order valence-electron chi connectivity index (χ0n) is 8.47. The van der Waals surface area contributed by atoms with E-state index in [9.17, 15) is 0 Å². The van der Waals surface area contributed by atoms with E-state index in [0.29, 0.717) is 5.88 Å². The second-order valence-corrected chi connectivity index (χ2v) is 3.71. The molecule has 0 N–H and O–H groups in total. The van der Waals surface area contributed by atoms with E-state index in [1.54, 1.807) is 0 Å². The molecule has 0 fully saturated rings. The van der Waals surface area contributed by atoms with Gasteiger partial charge < -0.3 is 4.90 Å². The smallest absolute Gasteiger partial charge is 0.0399 e. The van der Waals surface area contributed by atoms with E-state index in [2.05, 4.69) is 44.0 Å². The summed E-state index contributed by atoms with van der Waals surface area (Å²) < 4.78 is 0. The van der Waals surface area contributed by atoms with E-state index in [-0.39, 0.29) is 0 Å². The molecule has 1 aromatic rings. The minimum atomic E-state index is 0.671. The second-order valence-electron chi connectivity index (χ2n) is 3.33. The number of aryl methyl sites for hydroxylation is 1. The van der Waals surface area contributed by atoms with Crippen LogP contribution in [-0.2, 0) is 0 Å².